The van der Waals surface area contributed by atoms with Gasteiger partial charge in [-0.1, -0.05) is 206 Å². The highest BCUT2D eigenvalue weighted by atomic mass is 31.2. The van der Waals surface area contributed by atoms with Gasteiger partial charge in [-0.25, -0.2) is 4.57 Å². The van der Waals surface area contributed by atoms with Crippen molar-refractivity contribution in [3.63, 3.8) is 0 Å². The average Bonchev–Trinajstić information content (AvgIpc) is 3.17. The lowest BCUT2D eigenvalue weighted by atomic mass is 10.0. The zero-order valence-electron chi connectivity index (χ0n) is 35.7. The van der Waals surface area contributed by atoms with Crippen molar-refractivity contribution in [1.29, 1.82) is 0 Å². The monoisotopic (exact) mass is 807 g/mol. The Bertz CT molecular complexity index is 889. The summed E-state index contributed by atoms with van der Waals surface area (Å²) in [6.07, 6.45) is 37.9. The topological polar surface area (TPSA) is 149 Å². The lowest BCUT2D eigenvalue weighted by Gasteiger charge is -2.20. The highest BCUT2D eigenvalue weighted by Gasteiger charge is 2.27. The third-order valence-corrected chi connectivity index (χ3v) is 11.2. The maximum absolute atomic E-state index is 12.6. The zero-order chi connectivity index (χ0) is 40.5. The van der Waals surface area contributed by atoms with Crippen LogP contribution in [0.25, 0.3) is 0 Å². The first-order chi connectivity index (χ1) is 26.7. The molecule has 55 heavy (non-hydrogen) atoms. The lowest BCUT2D eigenvalue weighted by molar-refractivity contribution is -0.161. The molecule has 0 aliphatic carbocycles. The van der Waals surface area contributed by atoms with Gasteiger partial charge in [0.05, 0.1) is 19.8 Å². The molecule has 0 aromatic carbocycles. The van der Waals surface area contributed by atoms with Crippen LogP contribution < -0.4 is 0 Å². The summed E-state index contributed by atoms with van der Waals surface area (Å²) >= 11 is 0. The summed E-state index contributed by atoms with van der Waals surface area (Å²) in [7, 11) is -4.61. The molecule has 0 aromatic rings. The Hall–Kier alpha value is -1.03. The first kappa shape index (κ1) is 54.0. The molecule has 0 aliphatic rings. The molecule has 0 aliphatic heterocycles. The molecule has 0 spiro atoms. The van der Waals surface area contributed by atoms with Crippen molar-refractivity contribution in [3.8, 4) is 0 Å². The van der Waals surface area contributed by atoms with Crippen LogP contribution in [0.2, 0.25) is 0 Å². The largest absolute Gasteiger partial charge is 0.472 e. The number of carbonyl (C=O) groups excluding carboxylic acids is 2. The van der Waals surface area contributed by atoms with Gasteiger partial charge in [0.25, 0.3) is 0 Å². The Morgan fingerprint density at radius 1 is 0.473 bits per heavy atom. The number of carbonyl (C=O) groups is 2. The minimum atomic E-state index is -4.61. The number of unbranched alkanes of at least 4 members (excludes halogenated alkanes) is 30. The predicted molar refractivity (Wildman–Crippen MR) is 224 cm³/mol. The molecule has 0 fully saturated rings. The molecule has 0 saturated carbocycles. The van der Waals surface area contributed by atoms with Crippen molar-refractivity contribution < 1.29 is 47.8 Å². The van der Waals surface area contributed by atoms with Crippen LogP contribution in [0.4, 0.5) is 0 Å². The fraction of sp³-hybridized carbons (Fsp3) is 0.955. The normalized spacial score (nSPS) is 13.8. The number of aliphatic hydroxyl groups excluding tert-OH is 2. The number of phosphoric ester groups is 1. The molecule has 1 unspecified atom stereocenters. The van der Waals surface area contributed by atoms with Gasteiger partial charge in [-0.3, -0.25) is 18.6 Å². The highest BCUT2D eigenvalue weighted by molar-refractivity contribution is 7.47. The fourth-order valence-corrected chi connectivity index (χ4v) is 7.49. The highest BCUT2D eigenvalue weighted by Crippen LogP contribution is 2.43. The summed E-state index contributed by atoms with van der Waals surface area (Å²) < 4.78 is 32.7. The van der Waals surface area contributed by atoms with Crippen molar-refractivity contribution in [3.05, 3.63) is 0 Å². The number of hydrogen-bond donors (Lipinski definition) is 3. The number of esters is 2. The van der Waals surface area contributed by atoms with Gasteiger partial charge in [0, 0.05) is 12.8 Å². The minimum Gasteiger partial charge on any atom is -0.462 e. The molecule has 3 N–H and O–H groups in total. The summed E-state index contributed by atoms with van der Waals surface area (Å²) in [5.74, 6) is -0.909. The number of hydrogen-bond acceptors (Lipinski definition) is 9. The van der Waals surface area contributed by atoms with E-state index in [0.717, 1.165) is 32.1 Å². The van der Waals surface area contributed by atoms with Gasteiger partial charge in [-0.2, -0.15) is 0 Å². The number of rotatable bonds is 44. The quantitative estimate of drug-likeness (QED) is 0.0308. The summed E-state index contributed by atoms with van der Waals surface area (Å²) in [6.45, 7) is 2.41. The Morgan fingerprint density at radius 3 is 1.13 bits per heavy atom. The fourth-order valence-electron chi connectivity index (χ4n) is 6.70. The average molecular weight is 807 g/mol. The van der Waals surface area contributed by atoms with Crippen LogP contribution in [-0.2, 0) is 32.7 Å². The van der Waals surface area contributed by atoms with Gasteiger partial charge in [0.2, 0.25) is 0 Å². The van der Waals surface area contributed by atoms with Gasteiger partial charge in [-0.05, 0) is 12.8 Å². The van der Waals surface area contributed by atoms with E-state index in [1.807, 2.05) is 0 Å². The number of aliphatic hydroxyl groups is 2. The van der Waals surface area contributed by atoms with Gasteiger partial charge in [-0.15, -0.1) is 0 Å². The van der Waals surface area contributed by atoms with Crippen LogP contribution in [0.15, 0.2) is 0 Å². The van der Waals surface area contributed by atoms with Crippen molar-refractivity contribution in [1.82, 2.24) is 0 Å². The second kappa shape index (κ2) is 41.1. The van der Waals surface area contributed by atoms with Crippen LogP contribution in [0.1, 0.15) is 232 Å². The van der Waals surface area contributed by atoms with E-state index in [1.54, 1.807) is 0 Å². The van der Waals surface area contributed by atoms with E-state index in [1.165, 1.54) is 161 Å². The summed E-state index contributed by atoms with van der Waals surface area (Å²) in [5, 5.41) is 18.3. The van der Waals surface area contributed by atoms with Crippen LogP contribution >= 0.6 is 7.82 Å². The van der Waals surface area contributed by atoms with Crippen molar-refractivity contribution in [2.75, 3.05) is 26.4 Å². The molecule has 0 heterocycles. The molecule has 0 aromatic heterocycles. The van der Waals surface area contributed by atoms with Crippen molar-refractivity contribution in [2.45, 2.75) is 244 Å². The molecule has 0 amide bonds. The molecule has 11 heteroatoms. The predicted octanol–water partition coefficient (Wildman–Crippen LogP) is 12.2. The lowest BCUT2D eigenvalue weighted by Crippen LogP contribution is -2.29. The second-order valence-electron chi connectivity index (χ2n) is 15.8. The maximum Gasteiger partial charge on any atom is 0.472 e. The Kier molecular flexibility index (Phi) is 40.4. The first-order valence-corrected chi connectivity index (χ1v) is 24.5. The molecule has 328 valence electrons. The van der Waals surface area contributed by atoms with Gasteiger partial charge < -0.3 is 24.6 Å². The first-order valence-electron chi connectivity index (χ1n) is 23.0. The van der Waals surface area contributed by atoms with E-state index in [0.29, 0.717) is 12.8 Å². The van der Waals surface area contributed by atoms with Crippen LogP contribution in [-0.4, -0.2) is 65.7 Å². The molecular weight excluding hydrogens is 719 g/mol. The Balaban J connectivity index is 4.11. The summed E-state index contributed by atoms with van der Waals surface area (Å²) in [6, 6.07) is 0. The zero-order valence-corrected chi connectivity index (χ0v) is 36.6. The van der Waals surface area contributed by atoms with Crippen molar-refractivity contribution in [2.24, 2.45) is 0 Å². The molecular formula is C44H87O10P. The van der Waals surface area contributed by atoms with Gasteiger partial charge in [0.15, 0.2) is 6.10 Å². The van der Waals surface area contributed by atoms with Crippen LogP contribution in [0.3, 0.4) is 0 Å². The molecule has 0 rings (SSSR count). The van der Waals surface area contributed by atoms with Crippen LogP contribution in [0.5, 0.6) is 0 Å². The Morgan fingerprint density at radius 2 is 0.782 bits per heavy atom. The SMILES string of the molecule is CCCCCCCCCCCCCCCCCCCCCCCC(=O)OC[C@@H](COP(=O)(O)OC[C@H](O)CO)OC(=O)CCCCCCCCCCCCC. The van der Waals surface area contributed by atoms with Crippen LogP contribution in [0, 0.1) is 0 Å². The summed E-state index contributed by atoms with van der Waals surface area (Å²) in [5.41, 5.74) is 0. The Labute approximate surface area is 337 Å². The van der Waals surface area contributed by atoms with Crippen molar-refractivity contribution >= 4 is 19.8 Å². The molecule has 0 bridgehead atoms. The number of phosphoric acid groups is 1. The summed E-state index contributed by atoms with van der Waals surface area (Å²) in [4.78, 5) is 35.0. The smallest absolute Gasteiger partial charge is 0.462 e. The van der Waals surface area contributed by atoms with E-state index in [4.69, 9.17) is 23.6 Å². The van der Waals surface area contributed by atoms with E-state index in [-0.39, 0.29) is 19.4 Å². The maximum atomic E-state index is 12.6. The van der Waals surface area contributed by atoms with E-state index >= 15 is 0 Å². The van der Waals surface area contributed by atoms with E-state index in [2.05, 4.69) is 13.8 Å². The van der Waals surface area contributed by atoms with E-state index in [9.17, 15) is 24.2 Å². The minimum absolute atomic E-state index is 0.191. The third-order valence-electron chi connectivity index (χ3n) is 10.3. The van der Waals surface area contributed by atoms with Gasteiger partial charge >= 0.3 is 19.8 Å². The molecule has 0 saturated heterocycles. The standard InChI is InChI=1S/C44H87O10P/c1-3-5-7-9-11-13-15-16-17-18-19-20-21-22-23-24-26-27-29-31-33-35-43(47)51-39-42(40-53-55(49,50)52-38-41(46)37-45)54-44(48)36-34-32-30-28-25-14-12-10-8-6-4-2/h41-42,45-46H,3-40H2,1-2H3,(H,49,50)/t41-,42+/m1/s1. The van der Waals surface area contributed by atoms with E-state index < -0.39 is 51.8 Å². The third kappa shape index (κ3) is 40.9. The molecule has 0 radical (unpaired) electrons. The molecule has 10 nitrogen and oxygen atoms in total. The second-order valence-corrected chi connectivity index (χ2v) is 17.3. The molecule has 3 atom stereocenters. The van der Waals surface area contributed by atoms with Gasteiger partial charge in [0.1, 0.15) is 12.7 Å². The number of ether oxygens (including phenoxy) is 2.